The molecule has 0 atom stereocenters. The molecule has 5 nitrogen and oxygen atoms in total. The third kappa shape index (κ3) is 6.22. The number of rotatable bonds is 6. The molecular formula is C28H32BrF4N3O2. The lowest BCUT2D eigenvalue weighted by atomic mass is 9.82. The van der Waals surface area contributed by atoms with Gasteiger partial charge >= 0.3 is 6.18 Å². The second-order valence-corrected chi connectivity index (χ2v) is 11.0. The average Bonchev–Trinajstić information content (AvgIpc) is 2.89. The van der Waals surface area contributed by atoms with Gasteiger partial charge in [0.25, 0.3) is 5.91 Å². The molecule has 0 unspecified atom stereocenters. The predicted octanol–water partition coefficient (Wildman–Crippen LogP) is 6.75. The van der Waals surface area contributed by atoms with E-state index in [1.807, 2.05) is 31.2 Å². The van der Waals surface area contributed by atoms with Crippen molar-refractivity contribution in [2.24, 2.45) is 11.1 Å². The van der Waals surface area contributed by atoms with Crippen molar-refractivity contribution in [3.8, 4) is 0 Å². The Labute approximate surface area is 228 Å². The zero-order valence-electron chi connectivity index (χ0n) is 21.5. The van der Waals surface area contributed by atoms with E-state index in [9.17, 15) is 22.4 Å². The normalized spacial score (nSPS) is 19.4. The minimum absolute atomic E-state index is 0.196. The molecular weight excluding hydrogens is 566 g/mol. The molecule has 0 aromatic heterocycles. The van der Waals surface area contributed by atoms with Crippen LogP contribution in [0.15, 0.2) is 52.1 Å². The highest BCUT2D eigenvalue weighted by Gasteiger charge is 2.42. The van der Waals surface area contributed by atoms with Gasteiger partial charge in [-0.3, -0.25) is 9.69 Å². The van der Waals surface area contributed by atoms with Crippen LogP contribution in [-0.2, 0) is 11.0 Å². The summed E-state index contributed by atoms with van der Waals surface area (Å²) in [5.41, 5.74) is -0.343. The third-order valence-corrected chi connectivity index (χ3v) is 8.27. The summed E-state index contributed by atoms with van der Waals surface area (Å²) in [4.78, 5) is 22.2. The SMILES string of the molecule is CCO/N=C(/c1ccc(Br)cc1)C1CCN(C2(C)CCN(C(=O)c3c(F)cccc3C(F)(F)F)CC2)CC1. The van der Waals surface area contributed by atoms with Crippen molar-refractivity contribution in [2.45, 2.75) is 51.2 Å². The highest BCUT2D eigenvalue weighted by Crippen LogP contribution is 2.37. The summed E-state index contributed by atoms with van der Waals surface area (Å²) >= 11 is 3.47. The van der Waals surface area contributed by atoms with Crippen LogP contribution in [0, 0.1) is 11.7 Å². The van der Waals surface area contributed by atoms with E-state index in [1.165, 1.54) is 4.90 Å². The second-order valence-electron chi connectivity index (χ2n) is 10.1. The van der Waals surface area contributed by atoms with Gasteiger partial charge < -0.3 is 9.74 Å². The molecule has 2 saturated heterocycles. The Balaban J connectivity index is 1.40. The lowest BCUT2D eigenvalue weighted by Gasteiger charge is -2.49. The first-order valence-corrected chi connectivity index (χ1v) is 13.7. The Bertz CT molecular complexity index is 1150. The molecule has 2 heterocycles. The Morgan fingerprint density at radius 1 is 1.08 bits per heavy atom. The van der Waals surface area contributed by atoms with Gasteiger partial charge in [-0.25, -0.2) is 4.39 Å². The number of carbonyl (C=O) groups is 1. The van der Waals surface area contributed by atoms with E-state index in [4.69, 9.17) is 4.84 Å². The topological polar surface area (TPSA) is 45.1 Å². The summed E-state index contributed by atoms with van der Waals surface area (Å²) in [6.07, 6.45) is -1.81. The molecule has 206 valence electrons. The highest BCUT2D eigenvalue weighted by molar-refractivity contribution is 9.10. The molecule has 38 heavy (non-hydrogen) atoms. The van der Waals surface area contributed by atoms with Crippen LogP contribution in [0.2, 0.25) is 0 Å². The molecule has 2 aliphatic heterocycles. The first-order valence-electron chi connectivity index (χ1n) is 12.9. The van der Waals surface area contributed by atoms with Gasteiger partial charge in [-0.1, -0.05) is 39.3 Å². The average molecular weight is 598 g/mol. The van der Waals surface area contributed by atoms with Gasteiger partial charge in [0.15, 0.2) is 0 Å². The summed E-state index contributed by atoms with van der Waals surface area (Å²) < 4.78 is 55.7. The monoisotopic (exact) mass is 597 g/mol. The van der Waals surface area contributed by atoms with Crippen molar-refractivity contribution < 1.29 is 27.2 Å². The van der Waals surface area contributed by atoms with Gasteiger partial charge in [-0.05, 0) is 82.4 Å². The first-order chi connectivity index (χ1) is 18.0. The van der Waals surface area contributed by atoms with Crippen molar-refractivity contribution in [3.05, 3.63) is 69.4 Å². The number of alkyl halides is 3. The van der Waals surface area contributed by atoms with Crippen LogP contribution >= 0.6 is 15.9 Å². The fraction of sp³-hybridized carbons (Fsp3) is 0.500. The number of hydrogen-bond acceptors (Lipinski definition) is 4. The summed E-state index contributed by atoms with van der Waals surface area (Å²) in [7, 11) is 0. The Hall–Kier alpha value is -2.46. The minimum atomic E-state index is -4.80. The molecule has 0 bridgehead atoms. The van der Waals surface area contributed by atoms with Crippen LogP contribution in [-0.4, -0.2) is 59.7 Å². The Morgan fingerprint density at radius 2 is 1.71 bits per heavy atom. The molecule has 0 saturated carbocycles. The fourth-order valence-corrected chi connectivity index (χ4v) is 5.72. The van der Waals surface area contributed by atoms with E-state index in [2.05, 4.69) is 32.9 Å². The lowest BCUT2D eigenvalue weighted by Crippen LogP contribution is -2.56. The molecule has 10 heteroatoms. The van der Waals surface area contributed by atoms with E-state index >= 15 is 0 Å². The van der Waals surface area contributed by atoms with E-state index in [0.717, 1.165) is 59.9 Å². The number of nitrogens with zero attached hydrogens (tertiary/aromatic N) is 3. The fourth-order valence-electron chi connectivity index (χ4n) is 5.45. The van der Waals surface area contributed by atoms with Gasteiger partial charge in [0, 0.05) is 29.0 Å². The number of hydrogen-bond donors (Lipinski definition) is 0. The largest absolute Gasteiger partial charge is 0.417 e. The number of piperidine rings is 2. The quantitative estimate of drug-likeness (QED) is 0.210. The zero-order valence-corrected chi connectivity index (χ0v) is 23.1. The maximum Gasteiger partial charge on any atom is 0.417 e. The zero-order chi connectivity index (χ0) is 27.5. The van der Waals surface area contributed by atoms with Crippen LogP contribution in [0.5, 0.6) is 0 Å². The molecule has 0 radical (unpaired) electrons. The van der Waals surface area contributed by atoms with Crippen molar-refractivity contribution in [1.29, 1.82) is 0 Å². The standard InChI is InChI=1S/C28H32BrF4N3O2/c1-3-38-34-25(19-7-9-21(29)10-8-19)20-11-15-36(16-12-20)27(2)13-17-35(18-14-27)26(37)24-22(28(31,32)33)5-4-6-23(24)30/h4-10,20H,3,11-18H2,1-2H3/b34-25-. The van der Waals surface area contributed by atoms with Gasteiger partial charge in [0.05, 0.1) is 16.8 Å². The van der Waals surface area contributed by atoms with E-state index in [1.54, 1.807) is 0 Å². The van der Waals surface area contributed by atoms with E-state index < -0.39 is 29.0 Å². The van der Waals surface area contributed by atoms with E-state index in [-0.39, 0.29) is 24.5 Å². The van der Waals surface area contributed by atoms with Gasteiger partial charge in [0.2, 0.25) is 0 Å². The van der Waals surface area contributed by atoms with E-state index in [0.29, 0.717) is 19.4 Å². The van der Waals surface area contributed by atoms with Crippen molar-refractivity contribution in [2.75, 3.05) is 32.8 Å². The maximum absolute atomic E-state index is 14.4. The van der Waals surface area contributed by atoms with Gasteiger partial charge in [-0.15, -0.1) is 0 Å². The maximum atomic E-state index is 14.4. The first kappa shape index (κ1) is 28.5. The lowest BCUT2D eigenvalue weighted by molar-refractivity contribution is -0.138. The summed E-state index contributed by atoms with van der Waals surface area (Å²) in [5, 5.41) is 4.44. The van der Waals surface area contributed by atoms with Gasteiger partial charge in [0.1, 0.15) is 12.4 Å². The van der Waals surface area contributed by atoms with Crippen molar-refractivity contribution in [1.82, 2.24) is 9.80 Å². The highest BCUT2D eigenvalue weighted by atomic mass is 79.9. The van der Waals surface area contributed by atoms with Crippen molar-refractivity contribution in [3.63, 3.8) is 0 Å². The number of halogens is 5. The number of benzene rings is 2. The molecule has 0 aliphatic carbocycles. The molecule has 1 amide bonds. The van der Waals surface area contributed by atoms with Crippen LogP contribution < -0.4 is 0 Å². The third-order valence-electron chi connectivity index (χ3n) is 7.74. The van der Waals surface area contributed by atoms with Gasteiger partial charge in [-0.2, -0.15) is 13.2 Å². The van der Waals surface area contributed by atoms with Crippen molar-refractivity contribution >= 4 is 27.5 Å². The molecule has 2 aliphatic rings. The van der Waals surface area contributed by atoms with Crippen LogP contribution in [0.25, 0.3) is 0 Å². The van der Waals surface area contributed by atoms with Crippen LogP contribution in [0.1, 0.15) is 61.0 Å². The number of carbonyl (C=O) groups excluding carboxylic acids is 1. The molecule has 0 spiro atoms. The minimum Gasteiger partial charge on any atom is -0.396 e. The molecule has 2 aromatic carbocycles. The predicted molar refractivity (Wildman–Crippen MR) is 142 cm³/mol. The smallest absolute Gasteiger partial charge is 0.396 e. The summed E-state index contributed by atoms with van der Waals surface area (Å²) in [5.74, 6) is -1.80. The molecule has 0 N–H and O–H groups in total. The Kier molecular flexibility index (Phi) is 8.82. The Morgan fingerprint density at radius 3 is 2.29 bits per heavy atom. The van der Waals surface area contributed by atoms with Crippen LogP contribution in [0.3, 0.4) is 0 Å². The number of oxime groups is 1. The molecule has 2 fully saturated rings. The molecule has 4 rings (SSSR count). The summed E-state index contributed by atoms with van der Waals surface area (Å²) in [6.45, 7) is 6.75. The second kappa shape index (κ2) is 11.7. The number of likely N-dealkylation sites (tertiary alicyclic amines) is 2. The summed E-state index contributed by atoms with van der Waals surface area (Å²) in [6, 6.07) is 10.7. The molecule has 2 aromatic rings. The van der Waals surface area contributed by atoms with Crippen LogP contribution in [0.4, 0.5) is 17.6 Å². The number of amides is 1.